The van der Waals surface area contributed by atoms with E-state index in [1.807, 2.05) is 6.92 Å². The number of rotatable bonds is 4. The van der Waals surface area contributed by atoms with Crippen molar-refractivity contribution in [2.24, 2.45) is 0 Å². The van der Waals surface area contributed by atoms with E-state index in [2.05, 4.69) is 15.5 Å². The van der Waals surface area contributed by atoms with E-state index in [4.69, 9.17) is 0 Å². The Kier molecular flexibility index (Phi) is 3.38. The Morgan fingerprint density at radius 3 is 2.50 bits per heavy atom. The highest BCUT2D eigenvalue weighted by Crippen LogP contribution is 2.36. The number of aromatic amines is 1. The molecule has 0 aliphatic carbocycles. The van der Waals surface area contributed by atoms with Crippen molar-refractivity contribution in [3.05, 3.63) is 35.2 Å². The first kappa shape index (κ1) is 12.3. The zero-order chi connectivity index (χ0) is 13.1. The monoisotopic (exact) mass is 249 g/mol. The predicted molar refractivity (Wildman–Crippen MR) is 65.3 cm³/mol. The highest BCUT2D eigenvalue weighted by atomic mass is 16.3. The van der Waals surface area contributed by atoms with Gasteiger partial charge in [-0.2, -0.15) is 5.10 Å². The molecule has 1 aromatic heterocycles. The number of hydrogen-bond acceptors (Lipinski definition) is 5. The molecule has 96 valence electrons. The van der Waals surface area contributed by atoms with Crippen LogP contribution in [0.1, 0.15) is 16.8 Å². The average molecular weight is 249 g/mol. The summed E-state index contributed by atoms with van der Waals surface area (Å²) >= 11 is 0. The smallest absolute Gasteiger partial charge is 0.200 e. The number of aromatic hydroxyl groups is 3. The Morgan fingerprint density at radius 2 is 1.83 bits per heavy atom. The van der Waals surface area contributed by atoms with Gasteiger partial charge in [-0.15, -0.1) is 0 Å². The lowest BCUT2D eigenvalue weighted by Gasteiger charge is -2.08. The van der Waals surface area contributed by atoms with Gasteiger partial charge in [0.1, 0.15) is 0 Å². The van der Waals surface area contributed by atoms with Gasteiger partial charge in [-0.05, 0) is 13.0 Å². The summed E-state index contributed by atoms with van der Waals surface area (Å²) in [6.45, 7) is 2.90. The van der Waals surface area contributed by atoms with Gasteiger partial charge in [0.15, 0.2) is 11.5 Å². The third-order valence-corrected chi connectivity index (χ3v) is 2.78. The van der Waals surface area contributed by atoms with Gasteiger partial charge < -0.3 is 20.6 Å². The molecule has 0 aliphatic rings. The minimum absolute atomic E-state index is 0.300. The maximum atomic E-state index is 9.62. The second-order valence-electron chi connectivity index (χ2n) is 4.06. The molecule has 2 rings (SSSR count). The number of hydrogen-bond donors (Lipinski definition) is 5. The normalized spacial score (nSPS) is 10.7. The van der Waals surface area contributed by atoms with Crippen molar-refractivity contribution in [1.29, 1.82) is 0 Å². The van der Waals surface area contributed by atoms with Gasteiger partial charge in [0.2, 0.25) is 5.75 Å². The van der Waals surface area contributed by atoms with Gasteiger partial charge in [0.05, 0.1) is 6.20 Å². The van der Waals surface area contributed by atoms with E-state index in [-0.39, 0.29) is 11.5 Å². The summed E-state index contributed by atoms with van der Waals surface area (Å²) in [5, 5.41) is 38.0. The van der Waals surface area contributed by atoms with Crippen molar-refractivity contribution in [3.8, 4) is 17.2 Å². The van der Waals surface area contributed by atoms with E-state index in [1.54, 1.807) is 12.3 Å². The minimum atomic E-state index is -0.492. The Balaban J connectivity index is 1.99. The van der Waals surface area contributed by atoms with Crippen LogP contribution in [0.4, 0.5) is 0 Å². The van der Waals surface area contributed by atoms with Crippen molar-refractivity contribution in [1.82, 2.24) is 15.5 Å². The standard InChI is InChI=1S/C12H15N3O3/c1-7-9(6-14-15-7)5-13-4-8-2-3-10(16)12(18)11(8)17/h2-3,6,13,16-18H,4-5H2,1H3,(H,14,15). The number of nitrogens with zero attached hydrogens (tertiary/aromatic N) is 1. The van der Waals surface area contributed by atoms with Crippen LogP contribution in [-0.2, 0) is 13.1 Å². The number of aryl methyl sites for hydroxylation is 1. The number of nitrogens with one attached hydrogen (secondary N) is 2. The molecule has 0 spiro atoms. The van der Waals surface area contributed by atoms with Crippen molar-refractivity contribution in [3.63, 3.8) is 0 Å². The molecular formula is C12H15N3O3. The molecule has 0 aliphatic heterocycles. The average Bonchev–Trinajstić information content (AvgIpc) is 2.75. The fourth-order valence-corrected chi connectivity index (χ4v) is 1.64. The number of aromatic nitrogens is 2. The molecule has 1 aromatic carbocycles. The molecular weight excluding hydrogens is 234 g/mol. The van der Waals surface area contributed by atoms with Gasteiger partial charge in [0, 0.05) is 29.9 Å². The number of phenols is 3. The highest BCUT2D eigenvalue weighted by molar-refractivity contribution is 5.52. The van der Waals surface area contributed by atoms with E-state index in [1.165, 1.54) is 6.07 Å². The van der Waals surface area contributed by atoms with E-state index < -0.39 is 5.75 Å². The molecule has 5 N–H and O–H groups in total. The Labute approximate surface area is 104 Å². The molecule has 6 heteroatoms. The predicted octanol–water partition coefficient (Wildman–Crippen LogP) is 1.12. The second-order valence-corrected chi connectivity index (χ2v) is 4.06. The highest BCUT2D eigenvalue weighted by Gasteiger charge is 2.10. The SMILES string of the molecule is Cc1[nH]ncc1CNCc1ccc(O)c(O)c1O. The van der Waals surface area contributed by atoms with Crippen molar-refractivity contribution >= 4 is 0 Å². The van der Waals surface area contributed by atoms with Gasteiger partial charge in [0.25, 0.3) is 0 Å². The summed E-state index contributed by atoms with van der Waals surface area (Å²) in [7, 11) is 0. The van der Waals surface area contributed by atoms with Crippen molar-refractivity contribution < 1.29 is 15.3 Å². The van der Waals surface area contributed by atoms with Crippen LogP contribution in [0, 0.1) is 6.92 Å². The van der Waals surface area contributed by atoms with Crippen LogP contribution in [0.3, 0.4) is 0 Å². The van der Waals surface area contributed by atoms with E-state index >= 15 is 0 Å². The molecule has 0 amide bonds. The summed E-state index contributed by atoms with van der Waals surface area (Å²) in [4.78, 5) is 0. The lowest BCUT2D eigenvalue weighted by Crippen LogP contribution is -2.13. The summed E-state index contributed by atoms with van der Waals surface area (Å²) in [5.41, 5.74) is 2.55. The Bertz CT molecular complexity index is 551. The molecule has 1 heterocycles. The molecule has 0 saturated carbocycles. The fourth-order valence-electron chi connectivity index (χ4n) is 1.64. The van der Waals surface area contributed by atoms with E-state index in [0.717, 1.165) is 11.3 Å². The van der Waals surface area contributed by atoms with Crippen LogP contribution >= 0.6 is 0 Å². The van der Waals surface area contributed by atoms with E-state index in [0.29, 0.717) is 18.7 Å². The molecule has 0 unspecified atom stereocenters. The Morgan fingerprint density at radius 1 is 1.11 bits per heavy atom. The molecule has 0 atom stereocenters. The second kappa shape index (κ2) is 4.97. The molecule has 2 aromatic rings. The lowest BCUT2D eigenvalue weighted by molar-refractivity contribution is 0.364. The van der Waals surface area contributed by atoms with Crippen LogP contribution in [0.15, 0.2) is 18.3 Å². The van der Waals surface area contributed by atoms with Gasteiger partial charge in [-0.25, -0.2) is 0 Å². The lowest BCUT2D eigenvalue weighted by atomic mass is 10.1. The van der Waals surface area contributed by atoms with Gasteiger partial charge >= 0.3 is 0 Å². The minimum Gasteiger partial charge on any atom is -0.504 e. The Hall–Kier alpha value is -2.21. The van der Waals surface area contributed by atoms with Gasteiger partial charge in [-0.1, -0.05) is 6.07 Å². The summed E-state index contributed by atoms with van der Waals surface area (Å²) in [6.07, 6.45) is 1.73. The zero-order valence-corrected chi connectivity index (χ0v) is 9.94. The topological polar surface area (TPSA) is 101 Å². The molecule has 0 fully saturated rings. The first-order valence-corrected chi connectivity index (χ1v) is 5.52. The van der Waals surface area contributed by atoms with Crippen LogP contribution in [0.5, 0.6) is 17.2 Å². The molecule has 0 bridgehead atoms. The largest absolute Gasteiger partial charge is 0.504 e. The van der Waals surface area contributed by atoms with Crippen molar-refractivity contribution in [2.75, 3.05) is 0 Å². The summed E-state index contributed by atoms with van der Waals surface area (Å²) in [5.74, 6) is -1.12. The fraction of sp³-hybridized carbons (Fsp3) is 0.250. The van der Waals surface area contributed by atoms with Crippen LogP contribution in [-0.4, -0.2) is 25.5 Å². The third-order valence-electron chi connectivity index (χ3n) is 2.78. The summed E-state index contributed by atoms with van der Waals surface area (Å²) in [6, 6.07) is 2.90. The van der Waals surface area contributed by atoms with Crippen LogP contribution in [0.2, 0.25) is 0 Å². The van der Waals surface area contributed by atoms with Crippen LogP contribution in [0.25, 0.3) is 0 Å². The number of benzene rings is 1. The molecule has 18 heavy (non-hydrogen) atoms. The first-order valence-electron chi connectivity index (χ1n) is 5.52. The van der Waals surface area contributed by atoms with Crippen LogP contribution < -0.4 is 5.32 Å². The zero-order valence-electron chi connectivity index (χ0n) is 9.94. The number of phenolic OH excluding ortho intramolecular Hbond substituents is 3. The third kappa shape index (κ3) is 2.38. The maximum Gasteiger partial charge on any atom is 0.200 e. The molecule has 6 nitrogen and oxygen atoms in total. The summed E-state index contributed by atoms with van der Waals surface area (Å²) < 4.78 is 0. The maximum absolute atomic E-state index is 9.62. The molecule has 0 radical (unpaired) electrons. The molecule has 0 saturated heterocycles. The number of H-pyrrole nitrogens is 1. The van der Waals surface area contributed by atoms with E-state index in [9.17, 15) is 15.3 Å². The van der Waals surface area contributed by atoms with Crippen molar-refractivity contribution in [2.45, 2.75) is 20.0 Å². The first-order chi connectivity index (χ1) is 8.59. The quantitative estimate of drug-likeness (QED) is 0.523. The van der Waals surface area contributed by atoms with Gasteiger partial charge in [-0.3, -0.25) is 5.10 Å².